The number of ether oxygens (including phenoxy) is 1. The number of hydrogen-bond donors (Lipinski definition) is 0. The van der Waals surface area contributed by atoms with E-state index in [1.54, 1.807) is 12.1 Å². The molecule has 2 aromatic rings. The monoisotopic (exact) mass is 346 g/mol. The van der Waals surface area contributed by atoms with E-state index in [-0.39, 0.29) is 0 Å². The van der Waals surface area contributed by atoms with Crippen molar-refractivity contribution in [3.63, 3.8) is 0 Å². The van der Waals surface area contributed by atoms with Crippen LogP contribution in [-0.2, 0) is 6.42 Å². The average Bonchev–Trinajstić information content (AvgIpc) is 2.33. The normalized spacial score (nSPS) is 10.4. The minimum Gasteiger partial charge on any atom is -0.437 e. The molecule has 6 heteroatoms. The van der Waals surface area contributed by atoms with E-state index in [4.69, 9.17) is 27.9 Å². The van der Waals surface area contributed by atoms with Gasteiger partial charge in [0.05, 0.1) is 10.6 Å². The zero-order valence-corrected chi connectivity index (χ0v) is 12.6. The van der Waals surface area contributed by atoms with Gasteiger partial charge in [-0.3, -0.25) is 0 Å². The van der Waals surface area contributed by atoms with E-state index in [9.17, 15) is 0 Å². The zero-order valence-electron chi connectivity index (χ0n) is 9.45. The molecule has 0 spiro atoms. The summed E-state index contributed by atoms with van der Waals surface area (Å²) in [7, 11) is 0. The smallest absolute Gasteiger partial charge is 0.227 e. The van der Waals surface area contributed by atoms with Crippen LogP contribution in [0, 0.1) is 0 Å². The Morgan fingerprint density at radius 2 is 2.06 bits per heavy atom. The van der Waals surface area contributed by atoms with E-state index in [0.29, 0.717) is 28.2 Å². The van der Waals surface area contributed by atoms with Crippen LogP contribution in [0.25, 0.3) is 0 Å². The Balaban J connectivity index is 2.37. The Bertz CT molecular complexity index is 578. The van der Waals surface area contributed by atoms with E-state index in [2.05, 4.69) is 25.9 Å². The maximum atomic E-state index is 6.08. The minimum atomic E-state index is 0.399. The van der Waals surface area contributed by atoms with Crippen LogP contribution in [-0.4, -0.2) is 9.97 Å². The maximum Gasteiger partial charge on any atom is 0.227 e. The lowest BCUT2D eigenvalue weighted by molar-refractivity contribution is 0.455. The highest BCUT2D eigenvalue weighted by atomic mass is 79.9. The van der Waals surface area contributed by atoms with E-state index >= 15 is 0 Å². The molecule has 0 atom stereocenters. The summed E-state index contributed by atoms with van der Waals surface area (Å²) < 4.78 is 6.56. The summed E-state index contributed by atoms with van der Waals surface area (Å²) in [5.41, 5.74) is 0.762. The molecular weight excluding hydrogens is 339 g/mol. The summed E-state index contributed by atoms with van der Waals surface area (Å²) in [4.78, 5) is 8.00. The molecule has 0 unspecified atom stereocenters. The van der Waals surface area contributed by atoms with Gasteiger partial charge in [0, 0.05) is 4.47 Å². The van der Waals surface area contributed by atoms with Crippen molar-refractivity contribution in [3.05, 3.63) is 44.7 Å². The summed E-state index contributed by atoms with van der Waals surface area (Å²) >= 11 is 15.4. The fourth-order valence-corrected chi connectivity index (χ4v) is 2.39. The number of hydrogen-bond acceptors (Lipinski definition) is 3. The highest BCUT2D eigenvalue weighted by Crippen LogP contribution is 2.33. The number of aromatic nitrogens is 2. The molecule has 3 nitrogen and oxygen atoms in total. The van der Waals surface area contributed by atoms with Crippen LogP contribution in [0.1, 0.15) is 12.5 Å². The molecule has 0 saturated carbocycles. The fourth-order valence-electron chi connectivity index (χ4n) is 1.42. The number of nitrogens with zero attached hydrogens (tertiary/aromatic N) is 2. The molecule has 0 amide bonds. The van der Waals surface area contributed by atoms with Crippen molar-refractivity contribution < 1.29 is 4.74 Å². The van der Waals surface area contributed by atoms with E-state index < -0.39 is 0 Å². The first-order valence-corrected chi connectivity index (χ1v) is 6.79. The third-order valence-electron chi connectivity index (χ3n) is 2.31. The van der Waals surface area contributed by atoms with Gasteiger partial charge in [0.2, 0.25) is 5.88 Å². The number of benzene rings is 1. The van der Waals surface area contributed by atoms with Crippen LogP contribution >= 0.6 is 39.1 Å². The molecule has 0 aliphatic heterocycles. The van der Waals surface area contributed by atoms with E-state index in [1.807, 2.05) is 13.0 Å². The van der Waals surface area contributed by atoms with Crippen molar-refractivity contribution in [2.75, 3.05) is 0 Å². The van der Waals surface area contributed by atoms with Crippen molar-refractivity contribution in [1.82, 2.24) is 9.97 Å². The molecule has 2 rings (SSSR count). The summed E-state index contributed by atoms with van der Waals surface area (Å²) in [5.74, 6) is 0.964. The molecular formula is C12H9BrCl2N2O. The van der Waals surface area contributed by atoms with Crippen LogP contribution < -0.4 is 4.74 Å². The second-order valence-electron chi connectivity index (χ2n) is 3.48. The second-order valence-corrected chi connectivity index (χ2v) is 5.16. The first kappa shape index (κ1) is 13.6. The molecule has 18 heavy (non-hydrogen) atoms. The lowest BCUT2D eigenvalue weighted by Crippen LogP contribution is -1.97. The molecule has 0 bridgehead atoms. The number of halogens is 3. The number of rotatable bonds is 3. The molecule has 0 N–H and O–H groups in total. The highest BCUT2D eigenvalue weighted by molar-refractivity contribution is 9.10. The first-order chi connectivity index (χ1) is 8.61. The molecule has 1 aromatic heterocycles. The van der Waals surface area contributed by atoms with Crippen LogP contribution in [0.4, 0.5) is 0 Å². The lowest BCUT2D eigenvalue weighted by atomic mass is 10.2. The van der Waals surface area contributed by atoms with E-state index in [0.717, 1.165) is 10.0 Å². The van der Waals surface area contributed by atoms with Crippen LogP contribution in [0.5, 0.6) is 11.6 Å². The average molecular weight is 348 g/mol. The van der Waals surface area contributed by atoms with Gasteiger partial charge in [0.1, 0.15) is 17.2 Å². The van der Waals surface area contributed by atoms with Crippen molar-refractivity contribution >= 4 is 39.1 Å². The van der Waals surface area contributed by atoms with Crippen LogP contribution in [0.2, 0.25) is 10.2 Å². The van der Waals surface area contributed by atoms with Gasteiger partial charge in [-0.25, -0.2) is 9.97 Å². The predicted molar refractivity (Wildman–Crippen MR) is 75.6 cm³/mol. The van der Waals surface area contributed by atoms with Gasteiger partial charge in [-0.2, -0.15) is 0 Å². The topological polar surface area (TPSA) is 35.0 Å². The summed E-state index contributed by atoms with van der Waals surface area (Å²) in [6, 6.07) is 5.36. The minimum absolute atomic E-state index is 0.399. The quantitative estimate of drug-likeness (QED) is 0.740. The van der Waals surface area contributed by atoms with Gasteiger partial charge in [-0.1, -0.05) is 46.1 Å². The van der Waals surface area contributed by atoms with E-state index in [1.165, 1.54) is 6.33 Å². The van der Waals surface area contributed by atoms with Gasteiger partial charge in [-0.05, 0) is 24.6 Å². The molecule has 0 radical (unpaired) electrons. The lowest BCUT2D eigenvalue weighted by Gasteiger charge is -2.10. The second kappa shape index (κ2) is 5.87. The Morgan fingerprint density at radius 3 is 2.72 bits per heavy atom. The van der Waals surface area contributed by atoms with Crippen molar-refractivity contribution in [2.24, 2.45) is 0 Å². The molecule has 0 aliphatic rings. The molecule has 1 heterocycles. The molecule has 0 aliphatic carbocycles. The molecule has 94 valence electrons. The SMILES string of the molecule is CCc1c(Cl)ncnc1Oc1ccc(Br)cc1Cl. The molecule has 0 fully saturated rings. The first-order valence-electron chi connectivity index (χ1n) is 5.24. The van der Waals surface area contributed by atoms with Crippen LogP contribution in [0.3, 0.4) is 0 Å². The molecule has 1 aromatic carbocycles. The van der Waals surface area contributed by atoms with Gasteiger partial charge in [0.15, 0.2) is 0 Å². The van der Waals surface area contributed by atoms with Gasteiger partial charge < -0.3 is 4.74 Å². The predicted octanol–water partition coefficient (Wildman–Crippen LogP) is 4.90. The summed E-state index contributed by atoms with van der Waals surface area (Å²) in [6.07, 6.45) is 2.05. The van der Waals surface area contributed by atoms with Crippen molar-refractivity contribution in [3.8, 4) is 11.6 Å². The third-order valence-corrected chi connectivity index (χ3v) is 3.42. The Labute approximate surface area is 123 Å². The Kier molecular flexibility index (Phi) is 4.43. The van der Waals surface area contributed by atoms with Gasteiger partial charge in [-0.15, -0.1) is 0 Å². The Morgan fingerprint density at radius 1 is 1.28 bits per heavy atom. The zero-order chi connectivity index (χ0) is 13.1. The van der Waals surface area contributed by atoms with Crippen LogP contribution in [0.15, 0.2) is 29.0 Å². The molecule has 0 saturated heterocycles. The summed E-state index contributed by atoms with van der Waals surface area (Å²) in [5, 5.41) is 0.900. The third kappa shape index (κ3) is 2.94. The van der Waals surface area contributed by atoms with Crippen molar-refractivity contribution in [1.29, 1.82) is 0 Å². The largest absolute Gasteiger partial charge is 0.437 e. The van der Waals surface area contributed by atoms with Crippen molar-refractivity contribution in [2.45, 2.75) is 13.3 Å². The van der Waals surface area contributed by atoms with Gasteiger partial charge >= 0.3 is 0 Å². The highest BCUT2D eigenvalue weighted by Gasteiger charge is 2.12. The summed E-state index contributed by atoms with van der Waals surface area (Å²) in [6.45, 7) is 1.96. The maximum absolute atomic E-state index is 6.08. The Hall–Kier alpha value is -0.840. The fraction of sp³-hybridized carbons (Fsp3) is 0.167. The standard InChI is InChI=1S/C12H9BrCl2N2O/c1-2-8-11(15)16-6-17-12(8)18-10-4-3-7(13)5-9(10)14/h3-6H,2H2,1H3. The van der Waals surface area contributed by atoms with Gasteiger partial charge in [0.25, 0.3) is 0 Å².